The first-order valence-electron chi connectivity index (χ1n) is 7.23. The van der Waals surface area contributed by atoms with Crippen LogP contribution >= 0.6 is 0 Å². The maximum atomic E-state index is 5.54. The Hall–Kier alpha value is -2.14. The second-order valence-electron chi connectivity index (χ2n) is 4.67. The zero-order chi connectivity index (χ0) is 15.1. The van der Waals surface area contributed by atoms with Crippen LogP contribution in [0.5, 0.6) is 5.75 Å². The van der Waals surface area contributed by atoms with E-state index in [0.717, 1.165) is 47.9 Å². The Labute approximate surface area is 125 Å². The number of aryl methyl sites for hydroxylation is 1. The van der Waals surface area contributed by atoms with Crippen molar-refractivity contribution in [2.24, 2.45) is 5.73 Å². The highest BCUT2D eigenvalue weighted by molar-refractivity contribution is 5.78. The summed E-state index contributed by atoms with van der Waals surface area (Å²) in [6.45, 7) is 3.50. The molecule has 2 rings (SSSR count). The van der Waals surface area contributed by atoms with E-state index in [4.69, 9.17) is 10.5 Å². The molecule has 0 bridgehead atoms. The number of nitrogens with two attached hydrogens (primary N) is 1. The van der Waals surface area contributed by atoms with Crippen molar-refractivity contribution in [3.63, 3.8) is 0 Å². The summed E-state index contributed by atoms with van der Waals surface area (Å²) in [4.78, 5) is 9.04. The first kappa shape index (κ1) is 15.3. The van der Waals surface area contributed by atoms with Gasteiger partial charge in [0.1, 0.15) is 17.3 Å². The van der Waals surface area contributed by atoms with Crippen LogP contribution in [0, 0.1) is 0 Å². The fourth-order valence-corrected chi connectivity index (χ4v) is 2.09. The number of benzene rings is 1. The molecule has 0 atom stereocenters. The third-order valence-corrected chi connectivity index (χ3v) is 3.21. The van der Waals surface area contributed by atoms with E-state index in [0.29, 0.717) is 6.54 Å². The molecule has 0 radical (unpaired) electrons. The van der Waals surface area contributed by atoms with Crippen molar-refractivity contribution in [1.29, 1.82) is 0 Å². The van der Waals surface area contributed by atoms with Crippen LogP contribution in [0.3, 0.4) is 0 Å². The van der Waals surface area contributed by atoms with Crippen LogP contribution in [0.25, 0.3) is 11.3 Å². The third kappa shape index (κ3) is 3.70. The number of methoxy groups -OCH3 is 1. The molecule has 1 aromatic heterocycles. The second kappa shape index (κ2) is 7.59. The number of rotatable bonds is 7. The van der Waals surface area contributed by atoms with Gasteiger partial charge in [-0.3, -0.25) is 0 Å². The van der Waals surface area contributed by atoms with Crippen LogP contribution in [0.4, 0.5) is 5.69 Å². The molecule has 5 heteroatoms. The van der Waals surface area contributed by atoms with E-state index in [1.165, 1.54) is 0 Å². The van der Waals surface area contributed by atoms with E-state index in [1.807, 2.05) is 37.4 Å². The molecule has 0 aliphatic heterocycles. The van der Waals surface area contributed by atoms with Gasteiger partial charge in [0.25, 0.3) is 0 Å². The Kier molecular flexibility index (Phi) is 5.51. The van der Waals surface area contributed by atoms with Crippen molar-refractivity contribution in [1.82, 2.24) is 9.97 Å². The predicted molar refractivity (Wildman–Crippen MR) is 85.6 cm³/mol. The number of hydrogen-bond acceptors (Lipinski definition) is 5. The van der Waals surface area contributed by atoms with Gasteiger partial charge >= 0.3 is 0 Å². The largest absolute Gasteiger partial charge is 0.496 e. The van der Waals surface area contributed by atoms with Gasteiger partial charge in [-0.25, -0.2) is 9.97 Å². The lowest BCUT2D eigenvalue weighted by Crippen LogP contribution is -2.10. The molecule has 0 spiro atoms. The van der Waals surface area contributed by atoms with Crippen LogP contribution < -0.4 is 15.8 Å². The molecule has 2 aromatic rings. The standard InChI is InChI=1S/C16H22N4O/c1-3-15-19-11-13(18-10-6-9-17)16(20-15)12-7-4-5-8-14(12)21-2/h4-5,7-8,11,18H,3,6,9-10,17H2,1-2H3. The molecule has 0 fully saturated rings. The van der Waals surface area contributed by atoms with Gasteiger partial charge in [0.15, 0.2) is 0 Å². The van der Waals surface area contributed by atoms with Crippen LogP contribution in [-0.4, -0.2) is 30.2 Å². The van der Waals surface area contributed by atoms with Gasteiger partial charge in [0.05, 0.1) is 19.0 Å². The van der Waals surface area contributed by atoms with Crippen molar-refractivity contribution in [3.05, 3.63) is 36.3 Å². The van der Waals surface area contributed by atoms with Crippen molar-refractivity contribution in [2.45, 2.75) is 19.8 Å². The van der Waals surface area contributed by atoms with Crippen molar-refractivity contribution in [3.8, 4) is 17.0 Å². The van der Waals surface area contributed by atoms with Crippen LogP contribution in [0.2, 0.25) is 0 Å². The highest BCUT2D eigenvalue weighted by Crippen LogP contribution is 2.33. The van der Waals surface area contributed by atoms with Gasteiger partial charge in [0.2, 0.25) is 0 Å². The first-order chi connectivity index (χ1) is 10.3. The van der Waals surface area contributed by atoms with Gasteiger partial charge in [-0.05, 0) is 25.1 Å². The van der Waals surface area contributed by atoms with Crippen LogP contribution in [0.15, 0.2) is 30.5 Å². The van der Waals surface area contributed by atoms with Crippen molar-refractivity contribution in [2.75, 3.05) is 25.5 Å². The normalized spacial score (nSPS) is 10.4. The summed E-state index contributed by atoms with van der Waals surface area (Å²) >= 11 is 0. The van der Waals surface area contributed by atoms with E-state index in [-0.39, 0.29) is 0 Å². The van der Waals surface area contributed by atoms with E-state index >= 15 is 0 Å². The Morgan fingerprint density at radius 3 is 2.81 bits per heavy atom. The number of hydrogen-bond donors (Lipinski definition) is 2. The summed E-state index contributed by atoms with van der Waals surface area (Å²) in [5.41, 5.74) is 8.29. The zero-order valence-electron chi connectivity index (χ0n) is 12.6. The van der Waals surface area contributed by atoms with Gasteiger partial charge in [-0.15, -0.1) is 0 Å². The summed E-state index contributed by atoms with van der Waals surface area (Å²) in [7, 11) is 1.67. The molecule has 0 aliphatic rings. The molecule has 0 saturated heterocycles. The minimum absolute atomic E-state index is 0.658. The molecule has 1 heterocycles. The zero-order valence-corrected chi connectivity index (χ0v) is 12.6. The van der Waals surface area contributed by atoms with Crippen molar-refractivity contribution >= 4 is 5.69 Å². The number of nitrogens with one attached hydrogen (secondary N) is 1. The number of anilines is 1. The van der Waals surface area contributed by atoms with E-state index in [1.54, 1.807) is 7.11 Å². The van der Waals surface area contributed by atoms with E-state index in [2.05, 4.69) is 15.3 Å². The fraction of sp³-hybridized carbons (Fsp3) is 0.375. The Bertz CT molecular complexity index is 586. The summed E-state index contributed by atoms with van der Waals surface area (Å²) < 4.78 is 5.45. The number of para-hydroxylation sites is 1. The summed E-state index contributed by atoms with van der Waals surface area (Å²) in [5.74, 6) is 1.63. The monoisotopic (exact) mass is 286 g/mol. The Morgan fingerprint density at radius 2 is 2.10 bits per heavy atom. The highest BCUT2D eigenvalue weighted by atomic mass is 16.5. The molecule has 0 amide bonds. The number of aromatic nitrogens is 2. The van der Waals surface area contributed by atoms with Crippen molar-refractivity contribution < 1.29 is 4.74 Å². The summed E-state index contributed by atoms with van der Waals surface area (Å²) in [5, 5.41) is 3.35. The second-order valence-corrected chi connectivity index (χ2v) is 4.67. The van der Waals surface area contributed by atoms with Gasteiger partial charge in [0, 0.05) is 18.5 Å². The topological polar surface area (TPSA) is 73.1 Å². The number of nitrogens with zero attached hydrogens (tertiary/aromatic N) is 2. The van der Waals surface area contributed by atoms with Crippen LogP contribution in [0.1, 0.15) is 19.2 Å². The first-order valence-corrected chi connectivity index (χ1v) is 7.23. The molecule has 0 unspecified atom stereocenters. The summed E-state index contributed by atoms with van der Waals surface area (Å²) in [6, 6.07) is 7.88. The molecular formula is C16H22N4O. The maximum Gasteiger partial charge on any atom is 0.128 e. The lowest BCUT2D eigenvalue weighted by atomic mass is 10.1. The quantitative estimate of drug-likeness (QED) is 0.765. The Morgan fingerprint density at radius 1 is 1.29 bits per heavy atom. The smallest absolute Gasteiger partial charge is 0.128 e. The highest BCUT2D eigenvalue weighted by Gasteiger charge is 2.13. The van der Waals surface area contributed by atoms with E-state index in [9.17, 15) is 0 Å². The molecule has 5 nitrogen and oxygen atoms in total. The molecule has 1 aromatic carbocycles. The lowest BCUT2D eigenvalue weighted by Gasteiger charge is -2.14. The Balaban J connectivity index is 2.43. The molecule has 0 aliphatic carbocycles. The SMILES string of the molecule is CCc1ncc(NCCCN)c(-c2ccccc2OC)n1. The fourth-order valence-electron chi connectivity index (χ4n) is 2.09. The number of ether oxygens (including phenoxy) is 1. The average Bonchev–Trinajstić information content (AvgIpc) is 2.55. The molecule has 21 heavy (non-hydrogen) atoms. The lowest BCUT2D eigenvalue weighted by molar-refractivity contribution is 0.416. The van der Waals surface area contributed by atoms with Gasteiger partial charge < -0.3 is 15.8 Å². The summed E-state index contributed by atoms with van der Waals surface area (Å²) in [6.07, 6.45) is 3.54. The molecule has 3 N–H and O–H groups in total. The van der Waals surface area contributed by atoms with E-state index < -0.39 is 0 Å². The predicted octanol–water partition coefficient (Wildman–Crippen LogP) is 2.48. The molecular weight excluding hydrogens is 264 g/mol. The third-order valence-electron chi connectivity index (χ3n) is 3.21. The minimum atomic E-state index is 0.658. The maximum absolute atomic E-state index is 5.54. The average molecular weight is 286 g/mol. The van der Waals surface area contributed by atoms with Crippen LogP contribution in [-0.2, 0) is 6.42 Å². The van der Waals surface area contributed by atoms with Gasteiger partial charge in [-0.1, -0.05) is 19.1 Å². The molecule has 112 valence electrons. The minimum Gasteiger partial charge on any atom is -0.496 e. The molecule has 0 saturated carbocycles. The van der Waals surface area contributed by atoms with Gasteiger partial charge in [-0.2, -0.15) is 0 Å².